The molecule has 0 aromatic carbocycles. The molecule has 3 N–H and O–H groups in total. The summed E-state index contributed by atoms with van der Waals surface area (Å²) in [5.74, 6) is -0.823. The maximum Gasteiger partial charge on any atom is 0.338 e. The van der Waals surface area contributed by atoms with Crippen molar-refractivity contribution in [1.82, 2.24) is 0 Å². The van der Waals surface area contributed by atoms with Gasteiger partial charge in [-0.25, -0.2) is 4.79 Å². The number of fused-ring (bicyclic) bond motifs is 1. The first kappa shape index (κ1) is 7.93. The molecule has 0 bridgehead atoms. The fourth-order valence-corrected chi connectivity index (χ4v) is 1.40. The highest BCUT2D eigenvalue weighted by Gasteiger charge is 2.56. The summed E-state index contributed by atoms with van der Waals surface area (Å²) in [5.41, 5.74) is 0. The molecule has 4 unspecified atom stereocenters. The van der Waals surface area contributed by atoms with E-state index in [4.69, 9.17) is 15.3 Å². The first-order valence-corrected chi connectivity index (χ1v) is 3.51. The molecule has 0 radical (unpaired) electrons. The van der Waals surface area contributed by atoms with Crippen molar-refractivity contribution >= 4 is 5.97 Å². The van der Waals surface area contributed by atoms with Gasteiger partial charge in [0, 0.05) is 0 Å². The molecule has 2 aliphatic rings. The molecule has 0 aromatic rings. The summed E-state index contributed by atoms with van der Waals surface area (Å²) < 4.78 is 9.25. The topological polar surface area (TPSA) is 96.2 Å². The van der Waals surface area contributed by atoms with Crippen LogP contribution in [0.3, 0.4) is 0 Å². The van der Waals surface area contributed by atoms with E-state index >= 15 is 0 Å². The van der Waals surface area contributed by atoms with E-state index in [1.807, 2.05) is 0 Å². The number of ether oxygens (including phenoxy) is 2. The molecule has 0 spiro atoms. The van der Waals surface area contributed by atoms with E-state index < -0.39 is 36.7 Å². The number of aliphatic hydroxyl groups is 3. The number of rotatable bonds is 0. The summed E-state index contributed by atoms with van der Waals surface area (Å²) in [6.45, 7) is 0. The molecule has 2 heterocycles. The molecule has 0 aromatic heterocycles. The van der Waals surface area contributed by atoms with Crippen LogP contribution in [-0.2, 0) is 14.3 Å². The second-order valence-corrected chi connectivity index (χ2v) is 2.83. The summed E-state index contributed by atoms with van der Waals surface area (Å²) in [6.07, 6.45) is -5.94. The third kappa shape index (κ3) is 0.862. The number of esters is 1. The van der Waals surface area contributed by atoms with E-state index in [1.165, 1.54) is 0 Å². The zero-order chi connectivity index (χ0) is 8.88. The maximum absolute atomic E-state index is 10.7. The Morgan fingerprint density at radius 3 is 2.42 bits per heavy atom. The number of carbonyl (C=O) groups excluding carboxylic acids is 1. The van der Waals surface area contributed by atoms with Crippen LogP contribution in [0.25, 0.3) is 0 Å². The van der Waals surface area contributed by atoms with Crippen molar-refractivity contribution in [3.8, 4) is 0 Å². The molecule has 2 rings (SSSR count). The van der Waals surface area contributed by atoms with Gasteiger partial charge >= 0.3 is 5.97 Å². The molecule has 0 saturated carbocycles. The van der Waals surface area contributed by atoms with E-state index in [2.05, 4.69) is 9.47 Å². The summed E-state index contributed by atoms with van der Waals surface area (Å²) in [7, 11) is 0. The van der Waals surface area contributed by atoms with Crippen molar-refractivity contribution in [2.24, 2.45) is 0 Å². The van der Waals surface area contributed by atoms with Crippen LogP contribution in [0.1, 0.15) is 0 Å². The van der Waals surface area contributed by atoms with Crippen molar-refractivity contribution < 1.29 is 29.6 Å². The normalized spacial score (nSPS) is 52.2. The van der Waals surface area contributed by atoms with E-state index in [0.717, 1.165) is 0 Å². The van der Waals surface area contributed by atoms with Crippen molar-refractivity contribution in [2.75, 3.05) is 0 Å². The number of aliphatic hydroxyl groups excluding tert-OH is 3. The van der Waals surface area contributed by atoms with Gasteiger partial charge in [-0.1, -0.05) is 0 Å². The summed E-state index contributed by atoms with van der Waals surface area (Å²) in [6, 6.07) is 0. The zero-order valence-corrected chi connectivity index (χ0v) is 5.95. The van der Waals surface area contributed by atoms with Crippen LogP contribution in [-0.4, -0.2) is 52.0 Å². The zero-order valence-electron chi connectivity index (χ0n) is 5.95. The van der Waals surface area contributed by atoms with Crippen molar-refractivity contribution in [1.29, 1.82) is 0 Å². The van der Waals surface area contributed by atoms with Gasteiger partial charge in [0.25, 0.3) is 0 Å². The van der Waals surface area contributed by atoms with Gasteiger partial charge in [-0.15, -0.1) is 0 Å². The van der Waals surface area contributed by atoms with Gasteiger partial charge in [0.1, 0.15) is 12.2 Å². The highest BCUT2D eigenvalue weighted by atomic mass is 16.7. The monoisotopic (exact) mass is 176 g/mol. The Kier molecular flexibility index (Phi) is 1.58. The van der Waals surface area contributed by atoms with Crippen LogP contribution < -0.4 is 0 Å². The third-order valence-corrected chi connectivity index (χ3v) is 2.05. The van der Waals surface area contributed by atoms with Gasteiger partial charge < -0.3 is 24.8 Å². The van der Waals surface area contributed by atoms with E-state index in [0.29, 0.717) is 0 Å². The van der Waals surface area contributed by atoms with Crippen LogP contribution in [0.15, 0.2) is 0 Å². The summed E-state index contributed by atoms with van der Waals surface area (Å²) >= 11 is 0. The SMILES string of the molecule is O=C1OC2C(O)C(O)OC2[C@@H]1O. The molecule has 2 saturated heterocycles. The maximum atomic E-state index is 10.7. The third-order valence-electron chi connectivity index (χ3n) is 2.05. The Balaban J connectivity index is 2.19. The Hall–Kier alpha value is -0.690. The van der Waals surface area contributed by atoms with Gasteiger partial charge in [-0.3, -0.25) is 0 Å². The van der Waals surface area contributed by atoms with Gasteiger partial charge in [0.05, 0.1) is 0 Å². The molecule has 6 heteroatoms. The van der Waals surface area contributed by atoms with E-state index in [1.54, 1.807) is 0 Å². The van der Waals surface area contributed by atoms with Crippen molar-refractivity contribution in [2.45, 2.75) is 30.7 Å². The molecule has 5 atom stereocenters. The molecule has 12 heavy (non-hydrogen) atoms. The number of hydrogen-bond donors (Lipinski definition) is 3. The Labute approximate surface area is 67.3 Å². The molecule has 68 valence electrons. The lowest BCUT2D eigenvalue weighted by Crippen LogP contribution is -2.32. The Bertz CT molecular complexity index is 216. The first-order valence-electron chi connectivity index (χ1n) is 3.51. The Morgan fingerprint density at radius 2 is 1.83 bits per heavy atom. The molecule has 0 amide bonds. The van der Waals surface area contributed by atoms with Gasteiger partial charge in [0.15, 0.2) is 18.5 Å². The summed E-state index contributed by atoms with van der Waals surface area (Å²) in [5, 5.41) is 27.2. The molecular weight excluding hydrogens is 168 g/mol. The van der Waals surface area contributed by atoms with Gasteiger partial charge in [0.2, 0.25) is 0 Å². The predicted octanol–water partition coefficient (Wildman–Crippen LogP) is -2.65. The van der Waals surface area contributed by atoms with Crippen LogP contribution in [0.2, 0.25) is 0 Å². The van der Waals surface area contributed by atoms with Crippen LogP contribution in [0, 0.1) is 0 Å². The van der Waals surface area contributed by atoms with E-state index in [9.17, 15) is 4.79 Å². The minimum Gasteiger partial charge on any atom is -0.454 e. The second kappa shape index (κ2) is 2.40. The minimum atomic E-state index is -1.40. The number of hydrogen-bond acceptors (Lipinski definition) is 6. The largest absolute Gasteiger partial charge is 0.454 e. The lowest BCUT2D eigenvalue weighted by Gasteiger charge is -2.10. The molecule has 2 fully saturated rings. The smallest absolute Gasteiger partial charge is 0.338 e. The molecule has 2 aliphatic heterocycles. The fraction of sp³-hybridized carbons (Fsp3) is 0.833. The van der Waals surface area contributed by atoms with Gasteiger partial charge in [-0.05, 0) is 0 Å². The predicted molar refractivity (Wildman–Crippen MR) is 32.8 cm³/mol. The van der Waals surface area contributed by atoms with Crippen LogP contribution >= 0.6 is 0 Å². The lowest BCUT2D eigenvalue weighted by atomic mass is 10.1. The average Bonchev–Trinajstić information content (AvgIpc) is 2.43. The van der Waals surface area contributed by atoms with Crippen molar-refractivity contribution in [3.63, 3.8) is 0 Å². The Morgan fingerprint density at radius 1 is 1.17 bits per heavy atom. The lowest BCUT2D eigenvalue weighted by molar-refractivity contribution is -0.168. The quantitative estimate of drug-likeness (QED) is 0.349. The molecule has 0 aliphatic carbocycles. The standard InChI is InChI=1S/C6H8O6/c7-1-3-4(12-5(1)9)2(8)6(10)11-3/h1-5,7-9H/t1?,2-,3?,4?,5?/m0/s1. The fourth-order valence-electron chi connectivity index (χ4n) is 1.40. The highest BCUT2D eigenvalue weighted by molar-refractivity contribution is 5.78. The first-order chi connectivity index (χ1) is 5.61. The van der Waals surface area contributed by atoms with Crippen LogP contribution in [0.4, 0.5) is 0 Å². The number of carbonyl (C=O) groups is 1. The van der Waals surface area contributed by atoms with Crippen molar-refractivity contribution in [3.05, 3.63) is 0 Å². The highest BCUT2D eigenvalue weighted by Crippen LogP contribution is 2.30. The average molecular weight is 176 g/mol. The van der Waals surface area contributed by atoms with Gasteiger partial charge in [-0.2, -0.15) is 0 Å². The molecular formula is C6H8O6. The van der Waals surface area contributed by atoms with Crippen LogP contribution in [0.5, 0.6) is 0 Å². The molecule has 6 nitrogen and oxygen atoms in total. The second-order valence-electron chi connectivity index (χ2n) is 2.83. The minimum absolute atomic E-state index is 0.823. The summed E-state index contributed by atoms with van der Waals surface area (Å²) in [4.78, 5) is 10.7. The van der Waals surface area contributed by atoms with E-state index in [-0.39, 0.29) is 0 Å².